The quantitative estimate of drug-likeness (QED) is 0.310. The van der Waals surface area contributed by atoms with E-state index in [0.717, 1.165) is 0 Å². The molecule has 19 heavy (non-hydrogen) atoms. The standard InChI is InChI=1S/C13H12O6/c1-18-10-4-2-9(3-5-10)12(16)13(17)19-11(8-15)6-7-14/h2-5,7-8,11H,6H2,1H3. The molecule has 100 valence electrons. The molecule has 0 aromatic heterocycles. The number of hydrogen-bond acceptors (Lipinski definition) is 6. The minimum Gasteiger partial charge on any atom is -0.497 e. The SMILES string of the molecule is COc1ccc(C(=O)C(=O)OC(C=O)CC=O)cc1. The number of ether oxygens (including phenoxy) is 2. The fraction of sp³-hybridized carbons (Fsp3) is 0.231. The maximum absolute atomic E-state index is 11.7. The van der Waals surface area contributed by atoms with E-state index in [1.54, 1.807) is 0 Å². The number of benzene rings is 1. The minimum atomic E-state index is -1.23. The first-order valence-corrected chi connectivity index (χ1v) is 5.40. The molecule has 0 spiro atoms. The number of aldehydes is 2. The van der Waals surface area contributed by atoms with Crippen LogP contribution in [0.4, 0.5) is 0 Å². The van der Waals surface area contributed by atoms with Gasteiger partial charge in [0, 0.05) is 12.0 Å². The van der Waals surface area contributed by atoms with Gasteiger partial charge in [-0.05, 0) is 24.3 Å². The van der Waals surface area contributed by atoms with Crippen LogP contribution in [0, 0.1) is 0 Å². The van der Waals surface area contributed by atoms with Crippen molar-refractivity contribution in [2.75, 3.05) is 7.11 Å². The van der Waals surface area contributed by atoms with Crippen LogP contribution in [0.5, 0.6) is 5.75 Å². The molecule has 0 fully saturated rings. The number of esters is 1. The highest BCUT2D eigenvalue weighted by molar-refractivity contribution is 6.40. The van der Waals surface area contributed by atoms with Crippen molar-refractivity contribution in [2.24, 2.45) is 0 Å². The third-order valence-electron chi connectivity index (χ3n) is 2.28. The maximum Gasteiger partial charge on any atom is 0.380 e. The van der Waals surface area contributed by atoms with Crippen molar-refractivity contribution < 1.29 is 28.7 Å². The van der Waals surface area contributed by atoms with Gasteiger partial charge in [-0.3, -0.25) is 9.59 Å². The number of methoxy groups -OCH3 is 1. The summed E-state index contributed by atoms with van der Waals surface area (Å²) in [6.45, 7) is 0. The monoisotopic (exact) mass is 264 g/mol. The van der Waals surface area contributed by atoms with E-state index in [4.69, 9.17) is 4.74 Å². The van der Waals surface area contributed by atoms with Crippen LogP contribution < -0.4 is 4.74 Å². The highest BCUT2D eigenvalue weighted by atomic mass is 16.6. The zero-order valence-electron chi connectivity index (χ0n) is 10.2. The van der Waals surface area contributed by atoms with Crippen LogP contribution in [0.3, 0.4) is 0 Å². The van der Waals surface area contributed by atoms with E-state index in [1.807, 2.05) is 0 Å². The third kappa shape index (κ3) is 4.02. The molecule has 6 heteroatoms. The van der Waals surface area contributed by atoms with E-state index in [2.05, 4.69) is 4.74 Å². The molecular formula is C13H12O6. The van der Waals surface area contributed by atoms with Crippen molar-refractivity contribution in [2.45, 2.75) is 12.5 Å². The maximum atomic E-state index is 11.7. The Kier molecular flexibility index (Phi) is 5.40. The van der Waals surface area contributed by atoms with Crippen LogP contribution >= 0.6 is 0 Å². The molecule has 0 N–H and O–H groups in total. The first-order valence-electron chi connectivity index (χ1n) is 5.40. The summed E-state index contributed by atoms with van der Waals surface area (Å²) in [6, 6.07) is 5.84. The summed E-state index contributed by atoms with van der Waals surface area (Å²) in [5.74, 6) is -1.53. The van der Waals surface area contributed by atoms with Gasteiger partial charge in [-0.1, -0.05) is 0 Å². The molecule has 1 aromatic rings. The van der Waals surface area contributed by atoms with E-state index >= 15 is 0 Å². The number of carbonyl (C=O) groups is 4. The molecule has 0 bridgehead atoms. The highest BCUT2D eigenvalue weighted by Gasteiger charge is 2.21. The van der Waals surface area contributed by atoms with Crippen molar-refractivity contribution in [1.82, 2.24) is 0 Å². The lowest BCUT2D eigenvalue weighted by Gasteiger charge is -2.08. The third-order valence-corrected chi connectivity index (χ3v) is 2.28. The van der Waals surface area contributed by atoms with Gasteiger partial charge in [-0.2, -0.15) is 0 Å². The topological polar surface area (TPSA) is 86.7 Å². The second-order valence-electron chi connectivity index (χ2n) is 3.54. The Bertz CT molecular complexity index is 476. The summed E-state index contributed by atoms with van der Waals surface area (Å²) in [6.07, 6.45) is -0.768. The highest BCUT2D eigenvalue weighted by Crippen LogP contribution is 2.12. The summed E-state index contributed by atoms with van der Waals surface area (Å²) < 4.78 is 9.50. The van der Waals surface area contributed by atoms with Crippen molar-refractivity contribution in [1.29, 1.82) is 0 Å². The molecule has 0 heterocycles. The Morgan fingerprint density at radius 2 is 1.84 bits per heavy atom. The van der Waals surface area contributed by atoms with Gasteiger partial charge in [0.25, 0.3) is 5.78 Å². The largest absolute Gasteiger partial charge is 0.497 e. The number of Topliss-reactive ketones (excluding diaryl/α,β-unsaturated/α-hetero) is 1. The lowest BCUT2D eigenvalue weighted by molar-refractivity contribution is -0.147. The van der Waals surface area contributed by atoms with E-state index in [-0.39, 0.29) is 12.0 Å². The summed E-state index contributed by atoms with van der Waals surface area (Å²) in [7, 11) is 1.47. The molecule has 0 saturated heterocycles. The number of carbonyl (C=O) groups excluding carboxylic acids is 4. The number of ketones is 1. The van der Waals surface area contributed by atoms with Crippen LogP contribution in [0.2, 0.25) is 0 Å². The van der Waals surface area contributed by atoms with Gasteiger partial charge in [0.2, 0.25) is 0 Å². The molecule has 1 rings (SSSR count). The smallest absolute Gasteiger partial charge is 0.380 e. The lowest BCUT2D eigenvalue weighted by Crippen LogP contribution is -2.25. The predicted octanol–water partition coefficient (Wildman–Crippen LogP) is 0.578. The van der Waals surface area contributed by atoms with E-state index < -0.39 is 17.9 Å². The second kappa shape index (κ2) is 7.05. The molecule has 0 aliphatic rings. The molecule has 0 aliphatic heterocycles. The minimum absolute atomic E-state index is 0.113. The Morgan fingerprint density at radius 3 is 2.32 bits per heavy atom. The van der Waals surface area contributed by atoms with Crippen molar-refractivity contribution in [3.63, 3.8) is 0 Å². The molecule has 0 radical (unpaired) electrons. The molecule has 0 aliphatic carbocycles. The fourth-order valence-electron chi connectivity index (χ4n) is 1.28. The molecular weight excluding hydrogens is 252 g/mol. The lowest BCUT2D eigenvalue weighted by atomic mass is 10.1. The number of rotatable bonds is 7. The zero-order chi connectivity index (χ0) is 14.3. The van der Waals surface area contributed by atoms with Crippen LogP contribution in [-0.4, -0.2) is 37.5 Å². The first kappa shape index (κ1) is 14.6. The van der Waals surface area contributed by atoms with E-state index in [1.165, 1.54) is 31.4 Å². The Hall–Kier alpha value is -2.50. The summed E-state index contributed by atoms with van der Waals surface area (Å²) >= 11 is 0. The molecule has 0 saturated carbocycles. The normalized spacial score (nSPS) is 11.2. The van der Waals surface area contributed by atoms with Crippen molar-refractivity contribution in [3.05, 3.63) is 29.8 Å². The predicted molar refractivity (Wildman–Crippen MR) is 63.9 cm³/mol. The van der Waals surface area contributed by atoms with E-state index in [0.29, 0.717) is 18.3 Å². The number of hydrogen-bond donors (Lipinski definition) is 0. The summed E-state index contributed by atoms with van der Waals surface area (Å²) in [4.78, 5) is 43.9. The van der Waals surface area contributed by atoms with E-state index in [9.17, 15) is 19.2 Å². The Balaban J connectivity index is 2.72. The van der Waals surface area contributed by atoms with Crippen molar-refractivity contribution in [3.8, 4) is 5.75 Å². The fourth-order valence-corrected chi connectivity index (χ4v) is 1.28. The average molecular weight is 264 g/mol. The van der Waals surface area contributed by atoms with Gasteiger partial charge >= 0.3 is 5.97 Å². The van der Waals surface area contributed by atoms with Crippen LogP contribution in [0.25, 0.3) is 0 Å². The van der Waals surface area contributed by atoms with Crippen LogP contribution in [0.1, 0.15) is 16.8 Å². The Morgan fingerprint density at radius 1 is 1.21 bits per heavy atom. The molecule has 6 nitrogen and oxygen atoms in total. The molecule has 1 aromatic carbocycles. The summed E-state index contributed by atoms with van der Waals surface area (Å²) in [5, 5.41) is 0. The average Bonchev–Trinajstić information content (AvgIpc) is 2.45. The van der Waals surface area contributed by atoms with Crippen LogP contribution in [-0.2, 0) is 19.1 Å². The van der Waals surface area contributed by atoms with Gasteiger partial charge in [-0.25, -0.2) is 4.79 Å². The molecule has 1 atom stereocenters. The zero-order valence-corrected chi connectivity index (χ0v) is 10.2. The van der Waals surface area contributed by atoms with Gasteiger partial charge in [0.15, 0.2) is 12.4 Å². The Labute approximate surface area is 109 Å². The summed E-state index contributed by atoms with van der Waals surface area (Å²) in [5.41, 5.74) is 0.113. The van der Waals surface area contributed by atoms with Gasteiger partial charge in [-0.15, -0.1) is 0 Å². The second-order valence-corrected chi connectivity index (χ2v) is 3.54. The molecule has 0 amide bonds. The van der Waals surface area contributed by atoms with Crippen LogP contribution in [0.15, 0.2) is 24.3 Å². The first-order chi connectivity index (χ1) is 9.12. The van der Waals surface area contributed by atoms with Crippen molar-refractivity contribution >= 4 is 24.3 Å². The van der Waals surface area contributed by atoms with Gasteiger partial charge in [0.05, 0.1) is 7.11 Å². The van der Waals surface area contributed by atoms with Gasteiger partial charge < -0.3 is 14.3 Å². The van der Waals surface area contributed by atoms with Gasteiger partial charge in [0.1, 0.15) is 12.0 Å². The molecule has 1 unspecified atom stereocenters.